The Kier molecular flexibility index (Phi) is 6.38. The van der Waals surface area contributed by atoms with Crippen LogP contribution in [-0.2, 0) is 17.9 Å². The van der Waals surface area contributed by atoms with Crippen molar-refractivity contribution >= 4 is 23.2 Å². The van der Waals surface area contributed by atoms with Crippen molar-refractivity contribution in [2.75, 3.05) is 13.2 Å². The fourth-order valence-electron chi connectivity index (χ4n) is 2.74. The number of hydrogen-bond donors (Lipinski definition) is 1. The summed E-state index contributed by atoms with van der Waals surface area (Å²) in [6, 6.07) is 13.4. The molecule has 1 aliphatic heterocycles. The van der Waals surface area contributed by atoms with Crippen LogP contribution in [0.3, 0.4) is 0 Å². The lowest BCUT2D eigenvalue weighted by molar-refractivity contribution is 0.110. The Hall–Kier alpha value is -1.26. The molecule has 5 heteroatoms. The first-order valence-corrected chi connectivity index (χ1v) is 8.94. The molecule has 0 radical (unpaired) electrons. The molecule has 1 saturated heterocycles. The first kappa shape index (κ1) is 17.6. The molecule has 0 aromatic heterocycles. The summed E-state index contributed by atoms with van der Waals surface area (Å²) in [6.45, 7) is 2.93. The molecule has 0 amide bonds. The van der Waals surface area contributed by atoms with Gasteiger partial charge in [-0.3, -0.25) is 0 Å². The van der Waals surface area contributed by atoms with Gasteiger partial charge in [-0.15, -0.1) is 0 Å². The summed E-state index contributed by atoms with van der Waals surface area (Å²) in [6.07, 6.45) is 2.60. The van der Waals surface area contributed by atoms with Crippen LogP contribution in [-0.4, -0.2) is 19.3 Å². The SMILES string of the molecule is Clc1ccc(COc2ccc(Cl)cc2CNC[C@H]2CCCO2)cc1. The van der Waals surface area contributed by atoms with Crippen LogP contribution >= 0.6 is 23.2 Å². The van der Waals surface area contributed by atoms with E-state index in [1.165, 1.54) is 0 Å². The number of halogens is 2. The standard InChI is InChI=1S/C19H21Cl2NO2/c20-16-5-3-14(4-6-16)13-24-19-8-7-17(21)10-15(19)11-22-12-18-2-1-9-23-18/h3-8,10,18,22H,1-2,9,11-13H2/t18-/m1/s1. The van der Waals surface area contributed by atoms with Crippen molar-refractivity contribution in [3.05, 3.63) is 63.6 Å². The summed E-state index contributed by atoms with van der Waals surface area (Å²) < 4.78 is 11.6. The highest BCUT2D eigenvalue weighted by Crippen LogP contribution is 2.24. The molecule has 3 rings (SSSR count). The molecule has 1 aliphatic rings. The fraction of sp³-hybridized carbons (Fsp3) is 0.368. The summed E-state index contributed by atoms with van der Waals surface area (Å²) in [5.74, 6) is 0.842. The van der Waals surface area contributed by atoms with Crippen LogP contribution in [0.2, 0.25) is 10.0 Å². The first-order valence-electron chi connectivity index (χ1n) is 8.19. The molecule has 1 N–H and O–H groups in total. The van der Waals surface area contributed by atoms with Gasteiger partial charge in [-0.2, -0.15) is 0 Å². The molecule has 24 heavy (non-hydrogen) atoms. The van der Waals surface area contributed by atoms with E-state index in [0.29, 0.717) is 24.3 Å². The predicted octanol–water partition coefficient (Wildman–Crippen LogP) is 4.84. The first-order chi connectivity index (χ1) is 11.7. The minimum Gasteiger partial charge on any atom is -0.489 e. The van der Waals surface area contributed by atoms with Crippen molar-refractivity contribution in [1.29, 1.82) is 0 Å². The van der Waals surface area contributed by atoms with Gasteiger partial charge in [0, 0.05) is 35.3 Å². The van der Waals surface area contributed by atoms with Gasteiger partial charge in [0.1, 0.15) is 12.4 Å². The molecule has 1 fully saturated rings. The normalized spacial score (nSPS) is 17.2. The van der Waals surface area contributed by atoms with E-state index in [2.05, 4.69) is 5.32 Å². The van der Waals surface area contributed by atoms with Gasteiger partial charge in [-0.1, -0.05) is 35.3 Å². The zero-order valence-electron chi connectivity index (χ0n) is 13.4. The summed E-state index contributed by atoms with van der Waals surface area (Å²) in [5.41, 5.74) is 2.13. The third-order valence-electron chi connectivity index (χ3n) is 4.04. The van der Waals surface area contributed by atoms with Gasteiger partial charge in [-0.25, -0.2) is 0 Å². The van der Waals surface area contributed by atoms with Gasteiger partial charge in [0.2, 0.25) is 0 Å². The second-order valence-corrected chi connectivity index (χ2v) is 6.81. The van der Waals surface area contributed by atoms with Crippen molar-refractivity contribution in [2.24, 2.45) is 0 Å². The molecule has 1 heterocycles. The van der Waals surface area contributed by atoms with Crippen molar-refractivity contribution in [3.63, 3.8) is 0 Å². The summed E-state index contributed by atoms with van der Waals surface area (Å²) >= 11 is 12.0. The highest BCUT2D eigenvalue weighted by Gasteiger charge is 2.15. The number of nitrogens with one attached hydrogen (secondary N) is 1. The van der Waals surface area contributed by atoms with Gasteiger partial charge >= 0.3 is 0 Å². The van der Waals surface area contributed by atoms with Gasteiger partial charge < -0.3 is 14.8 Å². The third kappa shape index (κ3) is 5.12. The van der Waals surface area contributed by atoms with E-state index < -0.39 is 0 Å². The molecule has 128 valence electrons. The van der Waals surface area contributed by atoms with Crippen molar-refractivity contribution < 1.29 is 9.47 Å². The average Bonchev–Trinajstić information content (AvgIpc) is 3.09. The molecule has 3 nitrogen and oxygen atoms in total. The molecule has 2 aromatic rings. The summed E-state index contributed by atoms with van der Waals surface area (Å²) in [4.78, 5) is 0. The summed E-state index contributed by atoms with van der Waals surface area (Å²) in [7, 11) is 0. The van der Waals surface area contributed by atoms with Crippen LogP contribution in [0.1, 0.15) is 24.0 Å². The zero-order chi connectivity index (χ0) is 16.8. The van der Waals surface area contributed by atoms with Gasteiger partial charge in [0.05, 0.1) is 6.10 Å². The minimum absolute atomic E-state index is 0.322. The van der Waals surface area contributed by atoms with Crippen LogP contribution < -0.4 is 10.1 Å². The van der Waals surface area contributed by atoms with Crippen LogP contribution in [0.5, 0.6) is 5.75 Å². The van der Waals surface area contributed by atoms with E-state index in [0.717, 1.165) is 47.9 Å². The molecule has 1 atom stereocenters. The molecule has 0 aliphatic carbocycles. The zero-order valence-corrected chi connectivity index (χ0v) is 14.9. The fourth-order valence-corrected chi connectivity index (χ4v) is 3.06. The predicted molar refractivity (Wildman–Crippen MR) is 97.9 cm³/mol. The van der Waals surface area contributed by atoms with Crippen LogP contribution in [0.4, 0.5) is 0 Å². The van der Waals surface area contributed by atoms with Crippen molar-refractivity contribution in [2.45, 2.75) is 32.1 Å². The molecule has 0 spiro atoms. The summed E-state index contributed by atoms with van der Waals surface area (Å²) in [5, 5.41) is 4.87. The maximum Gasteiger partial charge on any atom is 0.124 e. The molecule has 0 saturated carbocycles. The Bertz CT molecular complexity index is 655. The Morgan fingerprint density at radius 2 is 1.88 bits per heavy atom. The smallest absolute Gasteiger partial charge is 0.124 e. The van der Waals surface area contributed by atoms with Gasteiger partial charge in [0.25, 0.3) is 0 Å². The Balaban J connectivity index is 1.58. The van der Waals surface area contributed by atoms with Crippen molar-refractivity contribution in [1.82, 2.24) is 5.32 Å². The van der Waals surface area contributed by atoms with Crippen LogP contribution in [0, 0.1) is 0 Å². The monoisotopic (exact) mass is 365 g/mol. The lowest BCUT2D eigenvalue weighted by Crippen LogP contribution is -2.26. The largest absolute Gasteiger partial charge is 0.489 e. The van der Waals surface area contributed by atoms with Crippen molar-refractivity contribution in [3.8, 4) is 5.75 Å². The van der Waals surface area contributed by atoms with E-state index in [1.54, 1.807) is 0 Å². The van der Waals surface area contributed by atoms with Gasteiger partial charge in [-0.05, 0) is 48.7 Å². The quantitative estimate of drug-likeness (QED) is 0.761. The highest BCUT2D eigenvalue weighted by atomic mass is 35.5. The molecule has 0 bridgehead atoms. The molecule has 2 aromatic carbocycles. The van der Waals surface area contributed by atoms with E-state index in [1.807, 2.05) is 42.5 Å². The molecular formula is C19H21Cl2NO2. The Morgan fingerprint density at radius 3 is 2.62 bits per heavy atom. The third-order valence-corrected chi connectivity index (χ3v) is 4.53. The number of ether oxygens (including phenoxy) is 2. The Morgan fingerprint density at radius 1 is 1.08 bits per heavy atom. The highest BCUT2D eigenvalue weighted by molar-refractivity contribution is 6.30. The number of benzene rings is 2. The maximum absolute atomic E-state index is 6.13. The second kappa shape index (κ2) is 8.72. The van der Waals surface area contributed by atoms with Crippen LogP contribution in [0.25, 0.3) is 0 Å². The van der Waals surface area contributed by atoms with E-state index in [9.17, 15) is 0 Å². The topological polar surface area (TPSA) is 30.5 Å². The molecule has 0 unspecified atom stereocenters. The number of hydrogen-bond acceptors (Lipinski definition) is 3. The van der Waals surface area contributed by atoms with E-state index in [4.69, 9.17) is 32.7 Å². The lowest BCUT2D eigenvalue weighted by Gasteiger charge is -2.15. The van der Waals surface area contributed by atoms with Gasteiger partial charge in [0.15, 0.2) is 0 Å². The minimum atomic E-state index is 0.322. The second-order valence-electron chi connectivity index (χ2n) is 5.93. The van der Waals surface area contributed by atoms with Crippen LogP contribution in [0.15, 0.2) is 42.5 Å². The maximum atomic E-state index is 6.13. The molecular weight excluding hydrogens is 345 g/mol. The number of rotatable bonds is 7. The van der Waals surface area contributed by atoms with E-state index >= 15 is 0 Å². The van der Waals surface area contributed by atoms with E-state index in [-0.39, 0.29) is 0 Å². The lowest BCUT2D eigenvalue weighted by atomic mass is 10.2. The Labute approximate surface area is 152 Å². The average molecular weight is 366 g/mol.